The highest BCUT2D eigenvalue weighted by Gasteiger charge is 2.15. The Balaban J connectivity index is 1.69. The molecule has 4 rings (SSSR count). The summed E-state index contributed by atoms with van der Waals surface area (Å²) < 4.78 is 12.1. The van der Waals surface area contributed by atoms with Gasteiger partial charge in [0, 0.05) is 17.3 Å². The van der Waals surface area contributed by atoms with E-state index in [1.54, 1.807) is 41.0 Å². The van der Waals surface area contributed by atoms with Crippen molar-refractivity contribution in [2.24, 2.45) is 0 Å². The molecule has 1 N–H and O–H groups in total. The number of carbonyl (C=O) groups is 1. The standard InChI is InChI=1S/C26H22N4O4S/c1-33-22-11-9-19(15-23(22)34-2)28-24(31)18-8-10-20-21(14-18)29-26(35-13-12-27)30(25(20)32)16-17-6-4-3-5-7-17/h3-11,14-15H,13,16H2,1-2H3,(H,28,31). The third-order valence-corrected chi connectivity index (χ3v) is 6.12. The first-order chi connectivity index (χ1) is 17.0. The normalized spacial score (nSPS) is 10.5. The Morgan fingerprint density at radius 2 is 1.83 bits per heavy atom. The molecule has 0 aliphatic carbocycles. The molecule has 9 heteroatoms. The van der Waals surface area contributed by atoms with Crippen LogP contribution in [-0.4, -0.2) is 35.4 Å². The first-order valence-electron chi connectivity index (χ1n) is 10.7. The lowest BCUT2D eigenvalue weighted by Gasteiger charge is -2.13. The Morgan fingerprint density at radius 3 is 2.54 bits per heavy atom. The maximum atomic E-state index is 13.3. The highest BCUT2D eigenvalue weighted by Crippen LogP contribution is 2.30. The summed E-state index contributed by atoms with van der Waals surface area (Å²) in [5.74, 6) is 0.825. The van der Waals surface area contributed by atoms with E-state index >= 15 is 0 Å². The maximum Gasteiger partial charge on any atom is 0.262 e. The number of ether oxygens (including phenoxy) is 2. The third-order valence-electron chi connectivity index (χ3n) is 5.27. The summed E-state index contributed by atoms with van der Waals surface area (Å²) in [4.78, 5) is 30.9. The van der Waals surface area contributed by atoms with Crippen LogP contribution >= 0.6 is 11.8 Å². The number of methoxy groups -OCH3 is 2. The molecule has 0 bridgehead atoms. The molecule has 1 heterocycles. The lowest BCUT2D eigenvalue weighted by atomic mass is 10.1. The minimum atomic E-state index is -0.361. The van der Waals surface area contributed by atoms with Crippen molar-refractivity contribution in [1.82, 2.24) is 9.55 Å². The molecule has 176 valence electrons. The molecule has 3 aromatic carbocycles. The van der Waals surface area contributed by atoms with Gasteiger partial charge < -0.3 is 14.8 Å². The van der Waals surface area contributed by atoms with Gasteiger partial charge in [-0.2, -0.15) is 5.26 Å². The SMILES string of the molecule is COc1ccc(NC(=O)c2ccc3c(=O)n(Cc4ccccc4)c(SCC#N)nc3c2)cc1OC. The Bertz CT molecular complexity index is 1480. The number of amides is 1. The van der Waals surface area contributed by atoms with Gasteiger partial charge in [-0.15, -0.1) is 0 Å². The van der Waals surface area contributed by atoms with Gasteiger partial charge in [0.25, 0.3) is 11.5 Å². The Hall–Kier alpha value is -4.29. The molecule has 8 nitrogen and oxygen atoms in total. The molecule has 0 unspecified atom stereocenters. The van der Waals surface area contributed by atoms with E-state index in [1.807, 2.05) is 30.3 Å². The van der Waals surface area contributed by atoms with Crippen LogP contribution in [0, 0.1) is 11.3 Å². The number of rotatable bonds is 8. The Kier molecular flexibility index (Phi) is 7.33. The summed E-state index contributed by atoms with van der Waals surface area (Å²) in [5.41, 5.74) is 1.98. The molecular formula is C26H22N4O4S. The molecule has 1 amide bonds. The highest BCUT2D eigenvalue weighted by atomic mass is 32.2. The van der Waals surface area contributed by atoms with E-state index in [4.69, 9.17) is 14.7 Å². The first-order valence-corrected chi connectivity index (χ1v) is 11.6. The number of nitriles is 1. The quantitative estimate of drug-likeness (QED) is 0.292. The fraction of sp³-hybridized carbons (Fsp3) is 0.154. The second kappa shape index (κ2) is 10.8. The fourth-order valence-corrected chi connectivity index (χ4v) is 4.23. The van der Waals surface area contributed by atoms with Gasteiger partial charge in [0.15, 0.2) is 16.7 Å². The zero-order valence-electron chi connectivity index (χ0n) is 19.1. The smallest absolute Gasteiger partial charge is 0.262 e. The fourth-order valence-electron chi connectivity index (χ4n) is 3.57. The van der Waals surface area contributed by atoms with Gasteiger partial charge in [0.2, 0.25) is 0 Å². The van der Waals surface area contributed by atoms with Crippen LogP contribution < -0.4 is 20.3 Å². The molecule has 0 fully saturated rings. The summed E-state index contributed by atoms with van der Waals surface area (Å²) in [6.07, 6.45) is 0. The van der Waals surface area contributed by atoms with Crippen LogP contribution in [0.3, 0.4) is 0 Å². The van der Waals surface area contributed by atoms with Crippen LogP contribution in [0.1, 0.15) is 15.9 Å². The van der Waals surface area contributed by atoms with Crippen molar-refractivity contribution in [3.05, 3.63) is 88.2 Å². The van der Waals surface area contributed by atoms with Gasteiger partial charge in [-0.1, -0.05) is 42.1 Å². The number of hydrogen-bond acceptors (Lipinski definition) is 7. The highest BCUT2D eigenvalue weighted by molar-refractivity contribution is 7.99. The minimum Gasteiger partial charge on any atom is -0.493 e. The number of aromatic nitrogens is 2. The largest absolute Gasteiger partial charge is 0.493 e. The van der Waals surface area contributed by atoms with E-state index in [1.165, 1.54) is 26.0 Å². The topological polar surface area (TPSA) is 106 Å². The molecule has 0 atom stereocenters. The number of nitrogens with one attached hydrogen (secondary N) is 1. The molecule has 35 heavy (non-hydrogen) atoms. The summed E-state index contributed by atoms with van der Waals surface area (Å²) in [6, 6.07) is 21.5. The van der Waals surface area contributed by atoms with Crippen LogP contribution in [0.15, 0.2) is 76.7 Å². The molecule has 0 aliphatic heterocycles. The lowest BCUT2D eigenvalue weighted by Crippen LogP contribution is -2.24. The molecular weight excluding hydrogens is 464 g/mol. The minimum absolute atomic E-state index is 0.145. The maximum absolute atomic E-state index is 13.3. The second-order valence-corrected chi connectivity index (χ2v) is 8.42. The van der Waals surface area contributed by atoms with Crippen LogP contribution in [0.4, 0.5) is 5.69 Å². The Morgan fingerprint density at radius 1 is 1.06 bits per heavy atom. The lowest BCUT2D eigenvalue weighted by molar-refractivity contribution is 0.102. The summed E-state index contributed by atoms with van der Waals surface area (Å²) >= 11 is 1.18. The number of thioether (sulfide) groups is 1. The van der Waals surface area contributed by atoms with E-state index in [9.17, 15) is 9.59 Å². The van der Waals surface area contributed by atoms with Crippen molar-refractivity contribution in [3.63, 3.8) is 0 Å². The number of nitrogens with zero attached hydrogens (tertiary/aromatic N) is 3. The van der Waals surface area contributed by atoms with Crippen LogP contribution in [0.2, 0.25) is 0 Å². The number of hydrogen-bond donors (Lipinski definition) is 1. The van der Waals surface area contributed by atoms with Gasteiger partial charge in [-0.05, 0) is 35.9 Å². The summed E-state index contributed by atoms with van der Waals surface area (Å²) in [7, 11) is 3.06. The van der Waals surface area contributed by atoms with E-state index in [-0.39, 0.29) is 17.2 Å². The number of anilines is 1. The average molecular weight is 487 g/mol. The molecule has 0 saturated carbocycles. The zero-order valence-corrected chi connectivity index (χ0v) is 20.0. The first kappa shape index (κ1) is 23.9. The molecule has 4 aromatic rings. The van der Waals surface area contributed by atoms with E-state index in [0.29, 0.717) is 45.4 Å². The number of benzene rings is 3. The van der Waals surface area contributed by atoms with Crippen molar-refractivity contribution < 1.29 is 14.3 Å². The van der Waals surface area contributed by atoms with Crippen molar-refractivity contribution in [2.75, 3.05) is 25.3 Å². The predicted molar refractivity (Wildman–Crippen MR) is 135 cm³/mol. The van der Waals surface area contributed by atoms with E-state index in [2.05, 4.69) is 16.4 Å². The average Bonchev–Trinajstić information content (AvgIpc) is 2.89. The van der Waals surface area contributed by atoms with Crippen LogP contribution in [-0.2, 0) is 6.54 Å². The van der Waals surface area contributed by atoms with E-state index < -0.39 is 0 Å². The molecule has 1 aromatic heterocycles. The number of carbonyl (C=O) groups excluding carboxylic acids is 1. The molecule has 0 aliphatic rings. The molecule has 0 radical (unpaired) electrons. The number of fused-ring (bicyclic) bond motifs is 1. The summed E-state index contributed by atoms with van der Waals surface area (Å²) in [6.45, 7) is 0.331. The van der Waals surface area contributed by atoms with Gasteiger partial charge in [-0.25, -0.2) is 4.98 Å². The van der Waals surface area contributed by atoms with Crippen molar-refractivity contribution in [2.45, 2.75) is 11.7 Å². The second-order valence-electron chi connectivity index (χ2n) is 7.47. The Labute approximate surface area is 206 Å². The van der Waals surface area contributed by atoms with Crippen LogP contribution in [0.5, 0.6) is 11.5 Å². The predicted octanol–water partition coefficient (Wildman–Crippen LogP) is 4.33. The van der Waals surface area contributed by atoms with Crippen LogP contribution in [0.25, 0.3) is 10.9 Å². The van der Waals surface area contributed by atoms with Crippen molar-refractivity contribution in [3.8, 4) is 17.6 Å². The monoisotopic (exact) mass is 486 g/mol. The van der Waals surface area contributed by atoms with Crippen molar-refractivity contribution in [1.29, 1.82) is 5.26 Å². The van der Waals surface area contributed by atoms with Gasteiger partial charge in [0.05, 0.1) is 43.5 Å². The van der Waals surface area contributed by atoms with Gasteiger partial charge in [-0.3, -0.25) is 14.2 Å². The zero-order chi connectivity index (χ0) is 24.8. The van der Waals surface area contributed by atoms with Gasteiger partial charge >= 0.3 is 0 Å². The van der Waals surface area contributed by atoms with Gasteiger partial charge in [0.1, 0.15) is 0 Å². The molecule has 0 saturated heterocycles. The molecule has 0 spiro atoms. The summed E-state index contributed by atoms with van der Waals surface area (Å²) in [5, 5.41) is 12.7. The third kappa shape index (κ3) is 5.28. The van der Waals surface area contributed by atoms with E-state index in [0.717, 1.165) is 5.56 Å². The van der Waals surface area contributed by atoms with Crippen molar-refractivity contribution >= 4 is 34.3 Å².